The lowest BCUT2D eigenvalue weighted by atomic mass is 10.0. The average molecular weight is 426 g/mol. The van der Waals surface area contributed by atoms with Crippen LogP contribution in [0.2, 0.25) is 0 Å². The van der Waals surface area contributed by atoms with Gasteiger partial charge in [0.2, 0.25) is 5.91 Å². The summed E-state index contributed by atoms with van der Waals surface area (Å²) in [6, 6.07) is 14.3. The molecule has 2 aliphatic rings. The molecule has 0 radical (unpaired) electrons. The molecule has 0 bridgehead atoms. The second kappa shape index (κ2) is 9.05. The van der Waals surface area contributed by atoms with Crippen LogP contribution in [0.25, 0.3) is 0 Å². The molecule has 2 aromatic rings. The van der Waals surface area contributed by atoms with E-state index in [1.54, 1.807) is 36.3 Å². The summed E-state index contributed by atoms with van der Waals surface area (Å²) in [6.07, 6.45) is -3.29. The zero-order valence-corrected chi connectivity index (χ0v) is 17.2. The Bertz CT molecular complexity index is 947. The normalized spacial score (nSPS) is 24.7. The Morgan fingerprint density at radius 2 is 1.81 bits per heavy atom. The highest BCUT2D eigenvalue weighted by molar-refractivity contribution is 5.96. The first kappa shape index (κ1) is 21.3. The zero-order chi connectivity index (χ0) is 22.0. The van der Waals surface area contributed by atoms with Crippen LogP contribution in [-0.4, -0.2) is 66.6 Å². The van der Waals surface area contributed by atoms with Crippen molar-refractivity contribution in [2.75, 3.05) is 25.1 Å². The lowest BCUT2D eigenvalue weighted by Gasteiger charge is -2.21. The molecule has 8 heteroatoms. The minimum absolute atomic E-state index is 0.0142. The number of nitrogens with one attached hydrogen (secondary N) is 1. The zero-order valence-electron chi connectivity index (χ0n) is 17.2. The number of aliphatic hydroxyl groups is 2. The fourth-order valence-corrected chi connectivity index (χ4v) is 4.08. The van der Waals surface area contributed by atoms with Crippen LogP contribution in [0.15, 0.2) is 48.5 Å². The fraction of sp³-hybridized carbons (Fsp3) is 0.391. The molecule has 8 nitrogen and oxygen atoms in total. The van der Waals surface area contributed by atoms with Gasteiger partial charge in [0.05, 0.1) is 19.6 Å². The van der Waals surface area contributed by atoms with Gasteiger partial charge in [0, 0.05) is 24.3 Å². The van der Waals surface area contributed by atoms with E-state index < -0.39 is 24.4 Å². The molecule has 0 aliphatic carbocycles. The number of amides is 2. The van der Waals surface area contributed by atoms with Gasteiger partial charge in [-0.05, 0) is 42.3 Å². The quantitative estimate of drug-likeness (QED) is 0.633. The van der Waals surface area contributed by atoms with Crippen molar-refractivity contribution in [3.8, 4) is 5.75 Å². The second-order valence-corrected chi connectivity index (χ2v) is 7.76. The number of anilines is 1. The Morgan fingerprint density at radius 3 is 2.55 bits per heavy atom. The van der Waals surface area contributed by atoms with Gasteiger partial charge in [0.25, 0.3) is 5.91 Å². The Hall–Kier alpha value is -2.94. The van der Waals surface area contributed by atoms with Crippen LogP contribution in [0.4, 0.5) is 5.69 Å². The Kier molecular flexibility index (Phi) is 6.22. The summed E-state index contributed by atoms with van der Waals surface area (Å²) < 4.78 is 10.8. The van der Waals surface area contributed by atoms with Gasteiger partial charge in [0.1, 0.15) is 24.1 Å². The molecule has 2 aromatic carbocycles. The third kappa shape index (κ3) is 4.41. The maximum absolute atomic E-state index is 12.8. The molecular weight excluding hydrogens is 400 g/mol. The van der Waals surface area contributed by atoms with Crippen molar-refractivity contribution in [1.82, 2.24) is 5.32 Å². The first-order valence-corrected chi connectivity index (χ1v) is 10.3. The van der Waals surface area contributed by atoms with Crippen LogP contribution < -0.4 is 15.0 Å². The third-order valence-corrected chi connectivity index (χ3v) is 5.84. The highest BCUT2D eigenvalue weighted by Crippen LogP contribution is 2.30. The van der Waals surface area contributed by atoms with E-state index in [4.69, 9.17) is 9.47 Å². The Morgan fingerprint density at radius 1 is 1.10 bits per heavy atom. The van der Waals surface area contributed by atoms with Crippen LogP contribution in [-0.2, 0) is 16.0 Å². The molecule has 0 spiro atoms. The Balaban J connectivity index is 1.32. The van der Waals surface area contributed by atoms with E-state index in [-0.39, 0.29) is 24.8 Å². The lowest BCUT2D eigenvalue weighted by Crippen LogP contribution is -2.40. The molecule has 0 unspecified atom stereocenters. The molecule has 0 aromatic heterocycles. The highest BCUT2D eigenvalue weighted by Gasteiger charge is 2.44. The largest absolute Gasteiger partial charge is 0.497 e. The van der Waals surface area contributed by atoms with E-state index in [0.29, 0.717) is 17.9 Å². The number of nitrogens with zero attached hydrogens (tertiary/aromatic N) is 1. The van der Waals surface area contributed by atoms with Gasteiger partial charge in [-0.15, -0.1) is 0 Å². The van der Waals surface area contributed by atoms with Gasteiger partial charge < -0.3 is 29.9 Å². The molecule has 3 N–H and O–H groups in total. The van der Waals surface area contributed by atoms with E-state index in [1.807, 2.05) is 24.3 Å². The van der Waals surface area contributed by atoms with Crippen LogP contribution in [0, 0.1) is 0 Å². The van der Waals surface area contributed by atoms with Crippen molar-refractivity contribution in [3.63, 3.8) is 0 Å². The fourth-order valence-electron chi connectivity index (χ4n) is 4.08. The number of methoxy groups -OCH3 is 1. The lowest BCUT2D eigenvalue weighted by molar-refractivity contribution is -0.122. The van der Waals surface area contributed by atoms with Gasteiger partial charge in [-0.1, -0.05) is 18.2 Å². The van der Waals surface area contributed by atoms with Crippen molar-refractivity contribution in [1.29, 1.82) is 0 Å². The highest BCUT2D eigenvalue weighted by atomic mass is 16.5. The smallest absolute Gasteiger partial charge is 0.251 e. The van der Waals surface area contributed by atoms with Crippen molar-refractivity contribution in [3.05, 3.63) is 59.7 Å². The van der Waals surface area contributed by atoms with E-state index in [1.165, 1.54) is 0 Å². The van der Waals surface area contributed by atoms with Crippen molar-refractivity contribution in [2.45, 2.75) is 37.3 Å². The third-order valence-electron chi connectivity index (χ3n) is 5.84. The van der Waals surface area contributed by atoms with Crippen LogP contribution >= 0.6 is 0 Å². The average Bonchev–Trinajstić information content (AvgIpc) is 3.34. The minimum Gasteiger partial charge on any atom is -0.497 e. The summed E-state index contributed by atoms with van der Waals surface area (Å²) in [4.78, 5) is 26.8. The number of fused-ring (bicyclic) bond motifs is 1. The molecule has 164 valence electrons. The molecule has 2 aliphatic heterocycles. The van der Waals surface area contributed by atoms with E-state index in [0.717, 1.165) is 17.7 Å². The second-order valence-electron chi connectivity index (χ2n) is 7.76. The number of hydrogen-bond acceptors (Lipinski definition) is 6. The monoisotopic (exact) mass is 426 g/mol. The predicted molar refractivity (Wildman–Crippen MR) is 113 cm³/mol. The molecule has 2 amide bonds. The number of carbonyl (C=O) groups is 2. The molecule has 2 heterocycles. The molecule has 1 fully saturated rings. The first-order chi connectivity index (χ1) is 15.0. The number of rotatable bonds is 6. The Labute approximate surface area is 180 Å². The minimum atomic E-state index is -1.20. The SMILES string of the molecule is COc1ccc(C(=O)NC[C@@H]2O[C@@H](CC(=O)N3CCc4ccccc43)[C@H](O)[C@@H]2O)cc1. The van der Waals surface area contributed by atoms with Gasteiger partial charge in [-0.3, -0.25) is 9.59 Å². The van der Waals surface area contributed by atoms with Crippen molar-refractivity contribution < 1.29 is 29.3 Å². The standard InChI is InChI=1S/C23H26N2O6/c1-30-16-8-6-15(7-9-16)23(29)24-13-19-22(28)21(27)18(31-19)12-20(26)25-11-10-14-4-2-3-5-17(14)25/h2-9,18-19,21-22,27-28H,10-13H2,1H3,(H,24,29)/t18-,19-,21-,22+/m0/s1. The number of hydrogen-bond donors (Lipinski definition) is 3. The molecule has 4 rings (SSSR count). The molecule has 1 saturated heterocycles. The van der Waals surface area contributed by atoms with Gasteiger partial charge in [-0.25, -0.2) is 0 Å². The number of benzene rings is 2. The summed E-state index contributed by atoms with van der Waals surface area (Å²) in [6.45, 7) is 0.602. The van der Waals surface area contributed by atoms with Gasteiger partial charge in [0.15, 0.2) is 0 Å². The first-order valence-electron chi connectivity index (χ1n) is 10.3. The van der Waals surface area contributed by atoms with E-state index in [2.05, 4.69) is 5.32 Å². The summed E-state index contributed by atoms with van der Waals surface area (Å²) >= 11 is 0. The van der Waals surface area contributed by atoms with E-state index in [9.17, 15) is 19.8 Å². The number of para-hydroxylation sites is 1. The number of aliphatic hydroxyl groups excluding tert-OH is 2. The maximum Gasteiger partial charge on any atom is 0.251 e. The molecule has 31 heavy (non-hydrogen) atoms. The maximum atomic E-state index is 12.8. The van der Waals surface area contributed by atoms with Crippen molar-refractivity contribution in [2.24, 2.45) is 0 Å². The van der Waals surface area contributed by atoms with Gasteiger partial charge >= 0.3 is 0 Å². The summed E-state index contributed by atoms with van der Waals surface area (Å²) in [5.41, 5.74) is 2.43. The molecule has 0 saturated carbocycles. The predicted octanol–water partition coefficient (Wildman–Crippen LogP) is 0.894. The summed E-state index contributed by atoms with van der Waals surface area (Å²) in [7, 11) is 1.54. The topological polar surface area (TPSA) is 108 Å². The summed E-state index contributed by atoms with van der Waals surface area (Å²) in [5, 5.41) is 23.4. The van der Waals surface area contributed by atoms with Crippen LogP contribution in [0.1, 0.15) is 22.3 Å². The molecule has 4 atom stereocenters. The van der Waals surface area contributed by atoms with Crippen molar-refractivity contribution >= 4 is 17.5 Å². The van der Waals surface area contributed by atoms with Gasteiger partial charge in [-0.2, -0.15) is 0 Å². The number of ether oxygens (including phenoxy) is 2. The molecular formula is C23H26N2O6. The van der Waals surface area contributed by atoms with Crippen LogP contribution in [0.5, 0.6) is 5.75 Å². The summed E-state index contributed by atoms with van der Waals surface area (Å²) in [5.74, 6) is 0.146. The van der Waals surface area contributed by atoms with E-state index >= 15 is 0 Å². The number of carbonyl (C=O) groups excluding carboxylic acids is 2. The van der Waals surface area contributed by atoms with Crippen LogP contribution in [0.3, 0.4) is 0 Å².